The SMILES string of the molecule is CCc1ccc(OC[C@H]2c3cc(OC)c(OC)cc3CCN2C(=O)c2ccc(S(=O)(=O)N3CCCCC3)cc2)cc1. The summed E-state index contributed by atoms with van der Waals surface area (Å²) in [5, 5.41) is 0. The van der Waals surface area contributed by atoms with Gasteiger partial charge in [-0.25, -0.2) is 8.42 Å². The number of hydrogen-bond acceptors (Lipinski definition) is 6. The molecule has 1 amide bonds. The van der Waals surface area contributed by atoms with Gasteiger partial charge in [0.25, 0.3) is 5.91 Å². The molecule has 0 N–H and O–H groups in total. The van der Waals surface area contributed by atoms with Crippen molar-refractivity contribution >= 4 is 15.9 Å². The smallest absolute Gasteiger partial charge is 0.254 e. The van der Waals surface area contributed by atoms with Crippen molar-refractivity contribution in [2.45, 2.75) is 50.0 Å². The van der Waals surface area contributed by atoms with E-state index in [1.807, 2.05) is 41.3 Å². The summed E-state index contributed by atoms with van der Waals surface area (Å²) in [7, 11) is -0.373. The first-order chi connectivity index (χ1) is 19.8. The maximum atomic E-state index is 13.9. The number of rotatable bonds is 9. The van der Waals surface area contributed by atoms with Gasteiger partial charge in [0.05, 0.1) is 25.2 Å². The molecule has 1 atom stereocenters. The van der Waals surface area contributed by atoms with Gasteiger partial charge in [0.2, 0.25) is 10.0 Å². The van der Waals surface area contributed by atoms with Crippen LogP contribution in [0.15, 0.2) is 65.6 Å². The molecule has 0 bridgehead atoms. The summed E-state index contributed by atoms with van der Waals surface area (Å²) >= 11 is 0. The van der Waals surface area contributed by atoms with Crippen LogP contribution in [0.2, 0.25) is 0 Å². The fourth-order valence-corrected chi connectivity index (χ4v) is 7.15. The van der Waals surface area contributed by atoms with Crippen molar-refractivity contribution in [3.8, 4) is 17.2 Å². The number of sulfonamides is 1. The summed E-state index contributed by atoms with van der Waals surface area (Å²) in [5.41, 5.74) is 3.67. The molecule has 1 fully saturated rings. The Morgan fingerprint density at radius 2 is 1.54 bits per heavy atom. The molecule has 218 valence electrons. The summed E-state index contributed by atoms with van der Waals surface area (Å²) in [6.07, 6.45) is 4.37. The van der Waals surface area contributed by atoms with Crippen LogP contribution in [0.5, 0.6) is 17.2 Å². The highest BCUT2D eigenvalue weighted by molar-refractivity contribution is 7.89. The number of methoxy groups -OCH3 is 2. The first-order valence-electron chi connectivity index (χ1n) is 14.2. The van der Waals surface area contributed by atoms with Crippen LogP contribution in [0.25, 0.3) is 0 Å². The Labute approximate surface area is 242 Å². The average Bonchev–Trinajstić information content (AvgIpc) is 3.03. The standard InChI is InChI=1S/C32H38N2O6S/c1-4-23-8-12-26(13-9-23)40-22-29-28-21-31(39-3)30(38-2)20-25(28)16-19-34(29)32(35)24-10-14-27(15-11-24)41(36,37)33-17-6-5-7-18-33/h8-15,20-21,29H,4-7,16-19,22H2,1-3H3/t29-/m0/s1. The first kappa shape index (κ1) is 29.0. The van der Waals surface area contributed by atoms with Gasteiger partial charge in [-0.3, -0.25) is 4.79 Å². The third kappa shape index (κ3) is 6.06. The normalized spacial score (nSPS) is 17.5. The topological polar surface area (TPSA) is 85.4 Å². The fraction of sp³-hybridized carbons (Fsp3) is 0.406. The van der Waals surface area contributed by atoms with Crippen molar-refractivity contribution in [3.05, 3.63) is 82.9 Å². The van der Waals surface area contributed by atoms with Crippen LogP contribution in [-0.2, 0) is 22.9 Å². The van der Waals surface area contributed by atoms with Crippen molar-refractivity contribution in [2.24, 2.45) is 0 Å². The molecule has 0 unspecified atom stereocenters. The number of nitrogens with zero attached hydrogens (tertiary/aromatic N) is 2. The zero-order chi connectivity index (χ0) is 29.0. The van der Waals surface area contributed by atoms with Crippen LogP contribution in [-0.4, -0.2) is 64.0 Å². The molecule has 3 aromatic rings. The van der Waals surface area contributed by atoms with Crippen LogP contribution in [0.4, 0.5) is 0 Å². The lowest BCUT2D eigenvalue weighted by atomic mass is 9.91. The maximum absolute atomic E-state index is 13.9. The second-order valence-electron chi connectivity index (χ2n) is 10.5. The Kier molecular flexibility index (Phi) is 8.85. The number of carbonyl (C=O) groups is 1. The first-order valence-corrected chi connectivity index (χ1v) is 15.7. The Hall–Kier alpha value is -3.56. The monoisotopic (exact) mass is 578 g/mol. The van der Waals surface area contributed by atoms with Crippen molar-refractivity contribution in [3.63, 3.8) is 0 Å². The number of hydrogen-bond donors (Lipinski definition) is 0. The highest BCUT2D eigenvalue weighted by Crippen LogP contribution is 2.39. The molecule has 9 heteroatoms. The van der Waals surface area contributed by atoms with Gasteiger partial charge in [0.1, 0.15) is 12.4 Å². The fourth-order valence-electron chi connectivity index (χ4n) is 5.64. The molecule has 5 rings (SSSR count). The van der Waals surface area contributed by atoms with Crippen LogP contribution < -0.4 is 14.2 Å². The van der Waals surface area contributed by atoms with E-state index in [1.165, 1.54) is 9.87 Å². The summed E-state index contributed by atoms with van der Waals surface area (Å²) in [4.78, 5) is 15.9. The molecule has 41 heavy (non-hydrogen) atoms. The zero-order valence-corrected chi connectivity index (χ0v) is 24.8. The van der Waals surface area contributed by atoms with E-state index in [2.05, 4.69) is 6.92 Å². The number of benzene rings is 3. The maximum Gasteiger partial charge on any atom is 0.254 e. The molecule has 0 aromatic heterocycles. The second-order valence-corrected chi connectivity index (χ2v) is 12.4. The molecule has 0 aliphatic carbocycles. The van der Waals surface area contributed by atoms with Gasteiger partial charge >= 0.3 is 0 Å². The number of ether oxygens (including phenoxy) is 3. The summed E-state index contributed by atoms with van der Waals surface area (Å²) in [6.45, 7) is 3.91. The van der Waals surface area contributed by atoms with Gasteiger partial charge < -0.3 is 19.1 Å². The molecule has 2 aliphatic rings. The molecule has 2 heterocycles. The van der Waals surface area contributed by atoms with Crippen LogP contribution >= 0.6 is 0 Å². The van der Waals surface area contributed by atoms with E-state index in [1.54, 1.807) is 38.5 Å². The van der Waals surface area contributed by atoms with E-state index >= 15 is 0 Å². The van der Waals surface area contributed by atoms with E-state index < -0.39 is 10.0 Å². The molecular weight excluding hydrogens is 540 g/mol. The number of piperidine rings is 1. The lowest BCUT2D eigenvalue weighted by Gasteiger charge is -2.37. The Balaban J connectivity index is 1.43. The highest BCUT2D eigenvalue weighted by atomic mass is 32.2. The van der Waals surface area contributed by atoms with Crippen LogP contribution in [0, 0.1) is 0 Å². The molecular formula is C32H38N2O6S. The number of carbonyl (C=O) groups excluding carboxylic acids is 1. The molecule has 0 saturated carbocycles. The van der Waals surface area contributed by atoms with Gasteiger partial charge in [-0.1, -0.05) is 25.5 Å². The summed E-state index contributed by atoms with van der Waals surface area (Å²) in [6, 6.07) is 17.8. The highest BCUT2D eigenvalue weighted by Gasteiger charge is 2.34. The largest absolute Gasteiger partial charge is 0.493 e. The zero-order valence-electron chi connectivity index (χ0n) is 24.0. The third-order valence-corrected chi connectivity index (χ3v) is 9.97. The van der Waals surface area contributed by atoms with E-state index in [-0.39, 0.29) is 23.5 Å². The number of fused-ring (bicyclic) bond motifs is 1. The summed E-state index contributed by atoms with van der Waals surface area (Å²) < 4.78 is 45.1. The van der Waals surface area contributed by atoms with Gasteiger partial charge in [-0.15, -0.1) is 0 Å². The predicted molar refractivity (Wildman–Crippen MR) is 157 cm³/mol. The van der Waals surface area contributed by atoms with Crippen molar-refractivity contribution in [1.82, 2.24) is 9.21 Å². The van der Waals surface area contributed by atoms with E-state index in [0.717, 1.165) is 42.6 Å². The Morgan fingerprint density at radius 3 is 2.17 bits per heavy atom. The van der Waals surface area contributed by atoms with E-state index in [9.17, 15) is 13.2 Å². The minimum absolute atomic E-state index is 0.178. The summed E-state index contributed by atoms with van der Waals surface area (Å²) in [5.74, 6) is 1.79. The van der Waals surface area contributed by atoms with Gasteiger partial charge in [-0.2, -0.15) is 4.31 Å². The van der Waals surface area contributed by atoms with E-state index in [0.29, 0.717) is 43.1 Å². The predicted octanol–water partition coefficient (Wildman–Crippen LogP) is 5.26. The molecule has 1 saturated heterocycles. The lowest BCUT2D eigenvalue weighted by molar-refractivity contribution is 0.0589. The van der Waals surface area contributed by atoms with Gasteiger partial charge in [-0.05, 0) is 90.9 Å². The van der Waals surface area contributed by atoms with Gasteiger partial charge in [0.15, 0.2) is 11.5 Å². The number of amides is 1. The lowest BCUT2D eigenvalue weighted by Crippen LogP contribution is -2.42. The third-order valence-electron chi connectivity index (χ3n) is 8.06. The number of aryl methyl sites for hydroxylation is 1. The van der Waals surface area contributed by atoms with Gasteiger partial charge in [0, 0.05) is 25.2 Å². The minimum Gasteiger partial charge on any atom is -0.493 e. The second kappa shape index (κ2) is 12.5. The quantitative estimate of drug-likeness (QED) is 0.345. The van der Waals surface area contributed by atoms with Crippen LogP contribution in [0.3, 0.4) is 0 Å². The van der Waals surface area contributed by atoms with E-state index in [4.69, 9.17) is 14.2 Å². The van der Waals surface area contributed by atoms with Crippen LogP contribution in [0.1, 0.15) is 59.3 Å². The molecule has 0 radical (unpaired) electrons. The van der Waals surface area contributed by atoms with Crippen molar-refractivity contribution in [1.29, 1.82) is 0 Å². The Morgan fingerprint density at radius 1 is 0.878 bits per heavy atom. The average molecular weight is 579 g/mol. The molecule has 2 aliphatic heterocycles. The Bertz CT molecular complexity index is 1470. The molecule has 8 nitrogen and oxygen atoms in total. The van der Waals surface area contributed by atoms with Crippen molar-refractivity contribution in [2.75, 3.05) is 40.5 Å². The van der Waals surface area contributed by atoms with Crippen molar-refractivity contribution < 1.29 is 27.4 Å². The molecule has 3 aromatic carbocycles. The molecule has 0 spiro atoms. The minimum atomic E-state index is -3.58.